The predicted molar refractivity (Wildman–Crippen MR) is 166 cm³/mol. The molecule has 3 aliphatic heterocycles. The molecule has 1 aromatic heterocycles. The Balaban J connectivity index is 1.01. The fourth-order valence-corrected chi connectivity index (χ4v) is 7.30. The van der Waals surface area contributed by atoms with Gasteiger partial charge in [0.2, 0.25) is 16.0 Å². The Hall–Kier alpha value is -3.42. The molecule has 2 aromatic carbocycles. The highest BCUT2D eigenvalue weighted by molar-refractivity contribution is 7.89. The normalized spacial score (nSPS) is 20.1. The van der Waals surface area contributed by atoms with Crippen LogP contribution in [0, 0.1) is 0 Å². The van der Waals surface area contributed by atoms with Gasteiger partial charge in [-0.2, -0.15) is 4.31 Å². The molecule has 3 aliphatic rings. The maximum Gasteiger partial charge on any atom is 0.278 e. The second-order valence-electron chi connectivity index (χ2n) is 11.5. The van der Waals surface area contributed by atoms with Gasteiger partial charge in [0, 0.05) is 58.1 Å². The molecule has 1 unspecified atom stereocenters. The summed E-state index contributed by atoms with van der Waals surface area (Å²) in [5, 5.41) is 0. The molecule has 1 N–H and O–H groups in total. The summed E-state index contributed by atoms with van der Waals surface area (Å²) in [6.07, 6.45) is 8.76. The molecule has 3 aromatic rings. The predicted octanol–water partition coefficient (Wildman–Crippen LogP) is 3.48. The summed E-state index contributed by atoms with van der Waals surface area (Å²) < 4.78 is 33.8. The van der Waals surface area contributed by atoms with Crippen LogP contribution in [0.25, 0.3) is 11.1 Å². The summed E-state index contributed by atoms with van der Waals surface area (Å²) in [6.45, 7) is 5.58. The third-order valence-electron chi connectivity index (χ3n) is 8.51. The van der Waals surface area contributed by atoms with Gasteiger partial charge in [-0.1, -0.05) is 36.4 Å². The molecule has 4 heterocycles. The summed E-state index contributed by atoms with van der Waals surface area (Å²) >= 11 is 0. The van der Waals surface area contributed by atoms with E-state index < -0.39 is 22.2 Å². The van der Waals surface area contributed by atoms with E-state index in [2.05, 4.69) is 44.6 Å². The van der Waals surface area contributed by atoms with Crippen molar-refractivity contribution in [1.29, 1.82) is 0 Å². The number of hydrogen-bond acceptors (Lipinski definition) is 9. The molecule has 11 nitrogen and oxygen atoms in total. The maximum absolute atomic E-state index is 13.4. The van der Waals surface area contributed by atoms with Crippen LogP contribution < -0.4 is 10.4 Å². The van der Waals surface area contributed by atoms with Gasteiger partial charge in [-0.25, -0.2) is 28.7 Å². The van der Waals surface area contributed by atoms with Crippen molar-refractivity contribution in [2.45, 2.75) is 49.7 Å². The molecule has 234 valence electrons. The number of amides is 1. The third-order valence-corrected chi connectivity index (χ3v) is 10.4. The Kier molecular flexibility index (Phi) is 9.82. The minimum Gasteiger partial charge on any atom is -0.350 e. The Morgan fingerprint density at radius 3 is 2.36 bits per heavy atom. The number of hydrogen-bond donors (Lipinski definition) is 1. The van der Waals surface area contributed by atoms with E-state index in [0.717, 1.165) is 43.4 Å². The molecular weight excluding hydrogens is 580 g/mol. The van der Waals surface area contributed by atoms with Crippen molar-refractivity contribution in [3.8, 4) is 11.1 Å². The summed E-state index contributed by atoms with van der Waals surface area (Å²) in [6, 6.07) is 15.7. The largest absolute Gasteiger partial charge is 0.350 e. The van der Waals surface area contributed by atoms with E-state index in [1.807, 2.05) is 17.0 Å². The number of rotatable bonds is 10. The van der Waals surface area contributed by atoms with Crippen LogP contribution in [0.15, 0.2) is 65.8 Å². The maximum atomic E-state index is 13.4. The van der Waals surface area contributed by atoms with Crippen molar-refractivity contribution in [2.24, 2.45) is 0 Å². The number of carbonyl (C=O) groups excluding carboxylic acids is 1. The number of ether oxygens (including phenoxy) is 1. The lowest BCUT2D eigenvalue weighted by Gasteiger charge is -2.34. The van der Waals surface area contributed by atoms with Gasteiger partial charge in [0.15, 0.2) is 6.29 Å². The number of nitrogens with zero attached hydrogens (tertiary/aromatic N) is 5. The summed E-state index contributed by atoms with van der Waals surface area (Å²) in [5.41, 5.74) is 6.06. The fraction of sp³-hybridized carbons (Fsp3) is 0.469. The number of benzene rings is 2. The standard InChI is InChI=1S/C32H40N6O5S/c39-31(35-43-30-8-1-4-21-42-30)28-23-33-32(34-24-28)37-17-19-38(20-18-37)44(40,41)29-11-9-26(10-12-29)27-7-5-6-25(22-27)13-16-36-14-2-3-15-36/h5-7,9-12,22-24,30H,1-4,8,13-21H2,(H,35,39). The van der Waals surface area contributed by atoms with E-state index in [0.29, 0.717) is 38.7 Å². The van der Waals surface area contributed by atoms with E-state index in [4.69, 9.17) is 9.57 Å². The van der Waals surface area contributed by atoms with Gasteiger partial charge in [-0.05, 0) is 74.0 Å². The molecule has 1 amide bonds. The van der Waals surface area contributed by atoms with Crippen LogP contribution in [-0.2, 0) is 26.0 Å². The van der Waals surface area contributed by atoms with Crippen molar-refractivity contribution in [3.05, 3.63) is 72.1 Å². The van der Waals surface area contributed by atoms with E-state index in [9.17, 15) is 13.2 Å². The molecule has 0 aliphatic carbocycles. The zero-order chi connectivity index (χ0) is 30.4. The quantitative estimate of drug-likeness (QED) is 0.340. The van der Waals surface area contributed by atoms with Gasteiger partial charge in [-0.3, -0.25) is 4.79 Å². The molecule has 0 bridgehead atoms. The highest BCUT2D eigenvalue weighted by Crippen LogP contribution is 2.25. The number of carbonyl (C=O) groups is 1. The third kappa shape index (κ3) is 7.44. The number of sulfonamides is 1. The number of hydroxylamine groups is 1. The second-order valence-corrected chi connectivity index (χ2v) is 13.5. The zero-order valence-electron chi connectivity index (χ0n) is 24.9. The number of anilines is 1. The first-order valence-corrected chi connectivity index (χ1v) is 17.0. The molecule has 44 heavy (non-hydrogen) atoms. The average Bonchev–Trinajstić information content (AvgIpc) is 3.61. The van der Waals surface area contributed by atoms with Crippen molar-refractivity contribution in [1.82, 2.24) is 24.7 Å². The van der Waals surface area contributed by atoms with E-state index >= 15 is 0 Å². The Morgan fingerprint density at radius 2 is 1.66 bits per heavy atom. The molecule has 1 atom stereocenters. The first-order chi connectivity index (χ1) is 21.5. The average molecular weight is 621 g/mol. The van der Waals surface area contributed by atoms with Crippen molar-refractivity contribution < 1.29 is 22.8 Å². The summed E-state index contributed by atoms with van der Waals surface area (Å²) in [5.74, 6) is 0.0000206. The second kappa shape index (κ2) is 14.1. The Morgan fingerprint density at radius 1 is 0.909 bits per heavy atom. The fourth-order valence-electron chi connectivity index (χ4n) is 5.88. The molecule has 3 saturated heterocycles. The summed E-state index contributed by atoms with van der Waals surface area (Å²) in [4.78, 5) is 31.1. The molecule has 0 radical (unpaired) electrons. The molecule has 3 fully saturated rings. The van der Waals surface area contributed by atoms with Crippen LogP contribution in [0.4, 0.5) is 5.95 Å². The van der Waals surface area contributed by atoms with Gasteiger partial charge in [0.1, 0.15) is 0 Å². The number of aromatic nitrogens is 2. The SMILES string of the molecule is O=C(NOC1CCCCO1)c1cnc(N2CCN(S(=O)(=O)c3ccc(-c4cccc(CCN5CCCC5)c4)cc3)CC2)nc1. The van der Waals surface area contributed by atoms with Crippen LogP contribution in [0.3, 0.4) is 0 Å². The van der Waals surface area contributed by atoms with Crippen molar-refractivity contribution in [2.75, 3.05) is 57.3 Å². The number of nitrogens with one attached hydrogen (secondary N) is 1. The zero-order valence-corrected chi connectivity index (χ0v) is 25.8. The van der Waals surface area contributed by atoms with E-state index in [1.165, 1.54) is 48.2 Å². The van der Waals surface area contributed by atoms with Crippen LogP contribution in [-0.4, -0.2) is 92.2 Å². The van der Waals surface area contributed by atoms with Crippen LogP contribution in [0.2, 0.25) is 0 Å². The van der Waals surface area contributed by atoms with Gasteiger partial charge in [-0.15, -0.1) is 0 Å². The Labute approximate surface area is 259 Å². The van der Waals surface area contributed by atoms with Crippen LogP contribution >= 0.6 is 0 Å². The van der Waals surface area contributed by atoms with E-state index in [1.54, 1.807) is 12.1 Å². The van der Waals surface area contributed by atoms with Gasteiger partial charge < -0.3 is 14.5 Å². The number of likely N-dealkylation sites (tertiary alicyclic amines) is 1. The van der Waals surface area contributed by atoms with E-state index in [-0.39, 0.29) is 10.5 Å². The highest BCUT2D eigenvalue weighted by Gasteiger charge is 2.29. The molecular formula is C32H40N6O5S. The van der Waals surface area contributed by atoms with Gasteiger partial charge >= 0.3 is 0 Å². The Bertz CT molecular complexity index is 1500. The van der Waals surface area contributed by atoms with Crippen LogP contribution in [0.5, 0.6) is 0 Å². The lowest BCUT2D eigenvalue weighted by Crippen LogP contribution is -2.49. The smallest absolute Gasteiger partial charge is 0.278 e. The lowest BCUT2D eigenvalue weighted by molar-refractivity contribution is -0.186. The molecule has 12 heteroatoms. The van der Waals surface area contributed by atoms with Gasteiger partial charge in [0.25, 0.3) is 5.91 Å². The first-order valence-electron chi connectivity index (χ1n) is 15.5. The number of piperazine rings is 1. The topological polar surface area (TPSA) is 117 Å². The lowest BCUT2D eigenvalue weighted by atomic mass is 10.0. The summed E-state index contributed by atoms with van der Waals surface area (Å²) in [7, 11) is -3.64. The van der Waals surface area contributed by atoms with Crippen LogP contribution in [0.1, 0.15) is 48.0 Å². The monoisotopic (exact) mass is 620 g/mol. The minimum absolute atomic E-state index is 0.267. The highest BCUT2D eigenvalue weighted by atomic mass is 32.2. The first kappa shape index (κ1) is 30.6. The van der Waals surface area contributed by atoms with Crippen molar-refractivity contribution in [3.63, 3.8) is 0 Å². The molecule has 0 saturated carbocycles. The molecule has 6 rings (SSSR count). The van der Waals surface area contributed by atoms with Gasteiger partial charge in [0.05, 0.1) is 10.5 Å². The minimum atomic E-state index is -3.64. The van der Waals surface area contributed by atoms with Crippen molar-refractivity contribution >= 4 is 21.9 Å². The molecule has 0 spiro atoms.